The molecule has 2 saturated heterocycles. The average Bonchev–Trinajstić information content (AvgIpc) is 3.21. The van der Waals surface area contributed by atoms with Gasteiger partial charge in [-0.1, -0.05) is 0 Å². The maximum atomic E-state index is 13.9. The Bertz CT molecular complexity index is 760. The van der Waals surface area contributed by atoms with Crippen LogP contribution in [-0.2, 0) is 14.6 Å². The minimum atomic E-state index is -3.33. The lowest BCUT2D eigenvalue weighted by molar-refractivity contribution is -0.144. The van der Waals surface area contributed by atoms with Gasteiger partial charge in [-0.3, -0.25) is 4.79 Å². The maximum Gasteiger partial charge on any atom is 0.316 e. The molecule has 9 heteroatoms. The first kappa shape index (κ1) is 15.7. The predicted octanol–water partition coefficient (Wildman–Crippen LogP) is 0.373. The normalized spacial score (nSPS) is 28.4. The van der Waals surface area contributed by atoms with Crippen molar-refractivity contribution < 1.29 is 22.3 Å². The van der Waals surface area contributed by atoms with Crippen LogP contribution < -0.4 is 4.74 Å². The maximum absolute atomic E-state index is 13.9. The van der Waals surface area contributed by atoms with Crippen molar-refractivity contribution in [1.82, 2.24) is 14.9 Å². The molecule has 4 rings (SSSR count). The van der Waals surface area contributed by atoms with Gasteiger partial charge in [-0.2, -0.15) is 0 Å². The van der Waals surface area contributed by atoms with Crippen molar-refractivity contribution in [3.05, 3.63) is 18.5 Å². The van der Waals surface area contributed by atoms with Gasteiger partial charge in [0.2, 0.25) is 0 Å². The third-order valence-electron chi connectivity index (χ3n) is 5.33. The molecule has 24 heavy (non-hydrogen) atoms. The number of carbonyl (C=O) groups excluding carboxylic acids is 1. The lowest BCUT2D eigenvalue weighted by atomic mass is 9.83. The largest absolute Gasteiger partial charge is 0.463 e. The molecule has 0 bridgehead atoms. The number of nitrogens with zero attached hydrogens (tertiary/aromatic N) is 3. The summed E-state index contributed by atoms with van der Waals surface area (Å²) in [6.45, 7) is 0.291. The summed E-state index contributed by atoms with van der Waals surface area (Å²) in [5.74, 6) is -0.745. The van der Waals surface area contributed by atoms with Gasteiger partial charge < -0.3 is 9.64 Å². The van der Waals surface area contributed by atoms with Crippen molar-refractivity contribution in [3.63, 3.8) is 0 Å². The van der Waals surface area contributed by atoms with Crippen LogP contribution in [0.25, 0.3) is 0 Å². The molecule has 7 nitrogen and oxygen atoms in total. The number of hydrogen-bond donors (Lipinski definition) is 0. The van der Waals surface area contributed by atoms with Gasteiger partial charge in [-0.25, -0.2) is 22.8 Å². The summed E-state index contributed by atoms with van der Waals surface area (Å²) in [7, 11) is -3.33. The van der Waals surface area contributed by atoms with E-state index in [1.54, 1.807) is 18.5 Å². The molecule has 0 unspecified atom stereocenters. The number of halogens is 1. The molecular formula is C15H18FN3O4S. The highest BCUT2D eigenvalue weighted by Crippen LogP contribution is 2.48. The fourth-order valence-corrected chi connectivity index (χ4v) is 5.99. The van der Waals surface area contributed by atoms with Gasteiger partial charge in [0, 0.05) is 31.4 Å². The van der Waals surface area contributed by atoms with Crippen LogP contribution in [-0.4, -0.2) is 65.1 Å². The second-order valence-electron chi connectivity index (χ2n) is 6.84. The second-order valence-corrected chi connectivity index (χ2v) is 9.29. The number of sulfone groups is 1. The Hall–Kier alpha value is -1.77. The second kappa shape index (κ2) is 5.11. The third kappa shape index (κ3) is 2.28. The molecule has 3 heterocycles. The molecule has 1 saturated carbocycles. The molecule has 1 amide bonds. The summed E-state index contributed by atoms with van der Waals surface area (Å²) in [6.07, 6.45) is 4.03. The van der Waals surface area contributed by atoms with E-state index in [-0.39, 0.29) is 50.2 Å². The van der Waals surface area contributed by atoms with Crippen LogP contribution in [0.3, 0.4) is 0 Å². The molecule has 0 N–H and O–H groups in total. The molecule has 1 spiro atoms. The number of hydrogen-bond acceptors (Lipinski definition) is 6. The molecule has 1 atom stereocenters. The summed E-state index contributed by atoms with van der Waals surface area (Å²) in [5.41, 5.74) is -1.76. The molecule has 1 aromatic rings. The Balaban J connectivity index is 1.46. The van der Waals surface area contributed by atoms with Crippen molar-refractivity contribution in [3.8, 4) is 6.01 Å². The minimum Gasteiger partial charge on any atom is -0.463 e. The highest BCUT2D eigenvalue weighted by molar-refractivity contribution is 7.93. The summed E-state index contributed by atoms with van der Waals surface area (Å²) in [4.78, 5) is 21.3. The summed E-state index contributed by atoms with van der Waals surface area (Å²) in [6, 6.07) is 1.86. The van der Waals surface area contributed by atoms with Crippen LogP contribution in [0.2, 0.25) is 0 Å². The van der Waals surface area contributed by atoms with E-state index in [4.69, 9.17) is 4.74 Å². The molecule has 1 aliphatic carbocycles. The lowest BCUT2D eigenvalue weighted by Gasteiger charge is -2.50. The van der Waals surface area contributed by atoms with Gasteiger partial charge in [0.15, 0.2) is 15.5 Å². The summed E-state index contributed by atoms with van der Waals surface area (Å²) in [5, 5.41) is 0. The molecule has 130 valence electrons. The summed E-state index contributed by atoms with van der Waals surface area (Å²) < 4.78 is 43.4. The molecule has 3 aliphatic rings. The Kier molecular flexibility index (Phi) is 3.35. The molecule has 0 radical (unpaired) electrons. The van der Waals surface area contributed by atoms with Gasteiger partial charge >= 0.3 is 6.01 Å². The molecule has 2 aliphatic heterocycles. The van der Waals surface area contributed by atoms with Crippen LogP contribution in [0.15, 0.2) is 18.5 Å². The van der Waals surface area contributed by atoms with Gasteiger partial charge in [-0.05, 0) is 25.3 Å². The van der Waals surface area contributed by atoms with E-state index in [0.29, 0.717) is 6.42 Å². The van der Waals surface area contributed by atoms with Crippen molar-refractivity contribution in [2.75, 3.05) is 25.4 Å². The topological polar surface area (TPSA) is 89.5 Å². The standard InChI is InChI=1S/C15H18FN3O4S/c16-14(3-4-14)12(20)19-9-15(10-19)11(2-7-24(15,21)22)8-23-13-17-5-1-6-18-13/h1,5-6,11H,2-4,7-10H2/t11-/m0/s1. The van der Waals surface area contributed by atoms with Gasteiger partial charge in [0.05, 0.1) is 12.4 Å². The first-order chi connectivity index (χ1) is 11.4. The van der Waals surface area contributed by atoms with Crippen molar-refractivity contribution in [2.24, 2.45) is 5.92 Å². The Labute approximate surface area is 139 Å². The van der Waals surface area contributed by atoms with Crippen LogP contribution in [0, 0.1) is 5.92 Å². The van der Waals surface area contributed by atoms with Crippen LogP contribution in [0.1, 0.15) is 19.3 Å². The number of likely N-dealkylation sites (tertiary alicyclic amines) is 1. The van der Waals surface area contributed by atoms with E-state index < -0.39 is 26.2 Å². The third-order valence-corrected chi connectivity index (χ3v) is 7.93. The van der Waals surface area contributed by atoms with E-state index in [1.807, 2.05) is 0 Å². The minimum absolute atomic E-state index is 0.0590. The smallest absolute Gasteiger partial charge is 0.316 e. The zero-order chi connectivity index (χ0) is 17.0. The van der Waals surface area contributed by atoms with Crippen molar-refractivity contribution in [1.29, 1.82) is 0 Å². The van der Waals surface area contributed by atoms with Crippen LogP contribution in [0.5, 0.6) is 6.01 Å². The zero-order valence-electron chi connectivity index (χ0n) is 13.0. The summed E-state index contributed by atoms with van der Waals surface area (Å²) >= 11 is 0. The molecule has 1 aromatic heterocycles. The van der Waals surface area contributed by atoms with E-state index in [2.05, 4.69) is 9.97 Å². The van der Waals surface area contributed by atoms with E-state index >= 15 is 0 Å². The fraction of sp³-hybridized carbons (Fsp3) is 0.667. The number of alkyl halides is 1. The molecule has 3 fully saturated rings. The molecular weight excluding hydrogens is 337 g/mol. The van der Waals surface area contributed by atoms with Gasteiger partial charge in [0.25, 0.3) is 5.91 Å². The number of rotatable bonds is 4. The van der Waals surface area contributed by atoms with E-state index in [9.17, 15) is 17.6 Å². The predicted molar refractivity (Wildman–Crippen MR) is 81.8 cm³/mol. The SMILES string of the molecule is O=C(N1CC2(C1)[C@H](COc1ncccn1)CCS2(=O)=O)C1(F)CC1. The molecule has 0 aromatic carbocycles. The van der Waals surface area contributed by atoms with E-state index in [1.165, 1.54) is 4.90 Å². The number of ether oxygens (including phenoxy) is 1. The Morgan fingerprint density at radius 1 is 1.33 bits per heavy atom. The highest BCUT2D eigenvalue weighted by Gasteiger charge is 2.65. The van der Waals surface area contributed by atoms with Crippen LogP contribution >= 0.6 is 0 Å². The average molecular weight is 355 g/mol. The highest BCUT2D eigenvalue weighted by atomic mass is 32.2. The van der Waals surface area contributed by atoms with Crippen molar-refractivity contribution >= 4 is 15.7 Å². The lowest BCUT2D eigenvalue weighted by Crippen LogP contribution is -2.70. The fourth-order valence-electron chi connectivity index (χ4n) is 3.59. The quantitative estimate of drug-likeness (QED) is 0.775. The van der Waals surface area contributed by atoms with Gasteiger partial charge in [-0.15, -0.1) is 0 Å². The number of aromatic nitrogens is 2. The van der Waals surface area contributed by atoms with Gasteiger partial charge in [0.1, 0.15) is 4.75 Å². The Morgan fingerprint density at radius 3 is 2.62 bits per heavy atom. The Morgan fingerprint density at radius 2 is 2.00 bits per heavy atom. The van der Waals surface area contributed by atoms with Crippen molar-refractivity contribution in [2.45, 2.75) is 29.7 Å². The zero-order valence-corrected chi connectivity index (χ0v) is 13.8. The first-order valence-electron chi connectivity index (χ1n) is 7.97. The number of carbonyl (C=O) groups is 1. The van der Waals surface area contributed by atoms with Crippen LogP contribution in [0.4, 0.5) is 4.39 Å². The first-order valence-corrected chi connectivity index (χ1v) is 9.62. The van der Waals surface area contributed by atoms with E-state index in [0.717, 1.165) is 0 Å². The number of amides is 1. The monoisotopic (exact) mass is 355 g/mol.